The molecule has 1 atom stereocenters. The molecule has 2 aliphatic carbocycles. The fraction of sp³-hybridized carbons (Fsp3) is 1.00. The molecule has 0 aromatic carbocycles. The second-order valence-corrected chi connectivity index (χ2v) is 12.1. The van der Waals surface area contributed by atoms with Crippen LogP contribution in [0.15, 0.2) is 0 Å². The van der Waals surface area contributed by atoms with Gasteiger partial charge in [0.2, 0.25) is 0 Å². The summed E-state index contributed by atoms with van der Waals surface area (Å²) in [6.45, 7) is 7.59. The fourth-order valence-corrected chi connectivity index (χ4v) is 5.38. The third kappa shape index (κ3) is 2.17. The summed E-state index contributed by atoms with van der Waals surface area (Å²) in [5.74, 6) is 1.15. The van der Waals surface area contributed by atoms with Gasteiger partial charge in [-0.1, -0.05) is 44.9 Å². The van der Waals surface area contributed by atoms with Crippen LogP contribution >= 0.6 is 0 Å². The molecule has 2 aliphatic rings. The molecule has 1 spiro atoms. The van der Waals surface area contributed by atoms with Crippen molar-refractivity contribution in [3.8, 4) is 0 Å². The zero-order chi connectivity index (χ0) is 9.53. The molecule has 0 heterocycles. The maximum atomic E-state index is 2.53. The van der Waals surface area contributed by atoms with Crippen molar-refractivity contribution in [2.45, 2.75) is 64.2 Å². The zero-order valence-corrected chi connectivity index (χ0v) is 10.5. The Morgan fingerprint density at radius 1 is 1.08 bits per heavy atom. The van der Waals surface area contributed by atoms with Crippen LogP contribution in [-0.4, -0.2) is 8.07 Å². The first-order valence-corrected chi connectivity index (χ1v) is 9.73. The Labute approximate surface area is 84.1 Å². The lowest BCUT2D eigenvalue weighted by Gasteiger charge is -2.24. The van der Waals surface area contributed by atoms with Crippen molar-refractivity contribution >= 4 is 8.07 Å². The summed E-state index contributed by atoms with van der Waals surface area (Å²) in [7, 11) is -0.768. The Morgan fingerprint density at radius 2 is 1.69 bits per heavy atom. The first-order valence-electron chi connectivity index (χ1n) is 6.02. The lowest BCUT2D eigenvalue weighted by Crippen LogP contribution is -2.22. The van der Waals surface area contributed by atoms with E-state index in [2.05, 4.69) is 19.6 Å². The monoisotopic (exact) mass is 196 g/mol. The van der Waals surface area contributed by atoms with Gasteiger partial charge in [0.1, 0.15) is 0 Å². The number of rotatable bonds is 2. The molecule has 2 fully saturated rings. The van der Waals surface area contributed by atoms with Gasteiger partial charge in [-0.15, -0.1) is 0 Å². The Bertz CT molecular complexity index is 184. The van der Waals surface area contributed by atoms with E-state index in [1.165, 1.54) is 19.3 Å². The van der Waals surface area contributed by atoms with E-state index in [1.807, 2.05) is 0 Å². The Balaban J connectivity index is 1.86. The molecule has 13 heavy (non-hydrogen) atoms. The third-order valence-corrected chi connectivity index (χ3v) is 5.78. The van der Waals surface area contributed by atoms with Gasteiger partial charge in [0, 0.05) is 8.07 Å². The largest absolute Gasteiger partial charge is 0.0695 e. The van der Waals surface area contributed by atoms with E-state index in [1.54, 1.807) is 25.3 Å². The molecule has 0 aromatic rings. The summed E-state index contributed by atoms with van der Waals surface area (Å²) in [5, 5.41) is 0. The topological polar surface area (TPSA) is 0 Å². The quantitative estimate of drug-likeness (QED) is 0.578. The van der Waals surface area contributed by atoms with Gasteiger partial charge in [-0.05, 0) is 30.6 Å². The fourth-order valence-electron chi connectivity index (χ4n) is 3.33. The van der Waals surface area contributed by atoms with Gasteiger partial charge in [0.15, 0.2) is 0 Å². The van der Waals surface area contributed by atoms with Gasteiger partial charge in [0.25, 0.3) is 0 Å². The molecule has 0 aromatic heterocycles. The van der Waals surface area contributed by atoms with E-state index in [9.17, 15) is 0 Å². The Hall–Kier alpha value is 0.217. The molecule has 0 nitrogen and oxygen atoms in total. The molecule has 0 radical (unpaired) electrons. The van der Waals surface area contributed by atoms with Crippen molar-refractivity contribution in [1.29, 1.82) is 0 Å². The smallest absolute Gasteiger partial charge is 0.0445 e. The van der Waals surface area contributed by atoms with E-state index < -0.39 is 8.07 Å². The highest BCUT2D eigenvalue weighted by atomic mass is 28.3. The van der Waals surface area contributed by atoms with Crippen LogP contribution < -0.4 is 0 Å². The van der Waals surface area contributed by atoms with Crippen molar-refractivity contribution in [3.63, 3.8) is 0 Å². The minimum Gasteiger partial charge on any atom is -0.0695 e. The SMILES string of the molecule is C[Si](C)(C)CC1CC12CCCCC2. The molecule has 0 amide bonds. The van der Waals surface area contributed by atoms with Crippen LogP contribution in [0.2, 0.25) is 25.7 Å². The van der Waals surface area contributed by atoms with Crippen molar-refractivity contribution in [3.05, 3.63) is 0 Å². The normalized spacial score (nSPS) is 32.1. The molecule has 1 unspecified atom stereocenters. The highest BCUT2D eigenvalue weighted by Crippen LogP contribution is 2.63. The third-order valence-electron chi connectivity index (χ3n) is 4.07. The van der Waals surface area contributed by atoms with Crippen molar-refractivity contribution in [2.24, 2.45) is 11.3 Å². The lowest BCUT2D eigenvalue weighted by molar-refractivity contribution is 0.313. The van der Waals surface area contributed by atoms with Crippen LogP contribution in [0.25, 0.3) is 0 Å². The van der Waals surface area contributed by atoms with E-state index in [4.69, 9.17) is 0 Å². The van der Waals surface area contributed by atoms with Crippen LogP contribution in [-0.2, 0) is 0 Å². The van der Waals surface area contributed by atoms with E-state index in [-0.39, 0.29) is 0 Å². The average Bonchev–Trinajstić information content (AvgIpc) is 2.60. The van der Waals surface area contributed by atoms with Crippen LogP contribution in [0.3, 0.4) is 0 Å². The molecule has 2 saturated carbocycles. The number of hydrogen-bond donors (Lipinski definition) is 0. The van der Waals surface area contributed by atoms with Gasteiger partial charge in [-0.3, -0.25) is 0 Å². The van der Waals surface area contributed by atoms with E-state index in [0.717, 1.165) is 11.3 Å². The molecule has 2 rings (SSSR count). The average molecular weight is 196 g/mol. The minimum absolute atomic E-state index is 0.768. The first-order chi connectivity index (χ1) is 6.02. The summed E-state index contributed by atoms with van der Waals surface area (Å²) in [4.78, 5) is 0. The minimum atomic E-state index is -0.768. The second kappa shape index (κ2) is 3.11. The van der Waals surface area contributed by atoms with Gasteiger partial charge in [-0.2, -0.15) is 0 Å². The van der Waals surface area contributed by atoms with Gasteiger partial charge < -0.3 is 0 Å². The molecule has 1 heteroatoms. The Morgan fingerprint density at radius 3 is 2.23 bits per heavy atom. The lowest BCUT2D eigenvalue weighted by atomic mass is 9.85. The van der Waals surface area contributed by atoms with Crippen molar-refractivity contribution in [1.82, 2.24) is 0 Å². The standard InChI is InChI=1S/C12H24Si/c1-13(2,3)10-11-9-12(11)7-5-4-6-8-12/h11H,4-10H2,1-3H3. The highest BCUT2D eigenvalue weighted by Gasteiger charge is 2.54. The Kier molecular flexibility index (Phi) is 2.34. The molecular formula is C12H24Si. The maximum Gasteiger partial charge on any atom is 0.0445 e. The number of hydrogen-bond acceptors (Lipinski definition) is 0. The molecule has 76 valence electrons. The molecule has 0 aliphatic heterocycles. The van der Waals surface area contributed by atoms with Crippen LogP contribution in [0, 0.1) is 11.3 Å². The highest BCUT2D eigenvalue weighted by molar-refractivity contribution is 6.76. The zero-order valence-electron chi connectivity index (χ0n) is 9.53. The summed E-state index contributed by atoms with van der Waals surface area (Å²) in [5.41, 5.74) is 0.887. The van der Waals surface area contributed by atoms with E-state index >= 15 is 0 Å². The molecular weight excluding hydrogens is 172 g/mol. The summed E-state index contributed by atoms with van der Waals surface area (Å²) in [6.07, 6.45) is 9.31. The van der Waals surface area contributed by atoms with Gasteiger partial charge in [-0.25, -0.2) is 0 Å². The van der Waals surface area contributed by atoms with Crippen LogP contribution in [0.5, 0.6) is 0 Å². The summed E-state index contributed by atoms with van der Waals surface area (Å²) >= 11 is 0. The second-order valence-electron chi connectivity index (χ2n) is 6.59. The maximum absolute atomic E-state index is 2.53. The van der Waals surface area contributed by atoms with Crippen molar-refractivity contribution in [2.75, 3.05) is 0 Å². The molecule has 0 saturated heterocycles. The predicted molar refractivity (Wildman–Crippen MR) is 61.8 cm³/mol. The van der Waals surface area contributed by atoms with E-state index in [0.29, 0.717) is 0 Å². The predicted octanol–water partition coefficient (Wildman–Crippen LogP) is 4.30. The van der Waals surface area contributed by atoms with Crippen molar-refractivity contribution < 1.29 is 0 Å². The molecule has 0 bridgehead atoms. The summed E-state index contributed by atoms with van der Waals surface area (Å²) < 4.78 is 0. The van der Waals surface area contributed by atoms with Crippen LogP contribution in [0.4, 0.5) is 0 Å². The summed E-state index contributed by atoms with van der Waals surface area (Å²) in [6, 6.07) is 1.60. The van der Waals surface area contributed by atoms with Gasteiger partial charge in [0.05, 0.1) is 0 Å². The molecule has 0 N–H and O–H groups in total. The first kappa shape index (κ1) is 9.76. The van der Waals surface area contributed by atoms with Crippen LogP contribution in [0.1, 0.15) is 38.5 Å². The van der Waals surface area contributed by atoms with Gasteiger partial charge >= 0.3 is 0 Å².